The summed E-state index contributed by atoms with van der Waals surface area (Å²) in [5, 5.41) is 3.37. The van der Waals surface area contributed by atoms with Crippen molar-refractivity contribution in [2.45, 2.75) is 30.5 Å². The van der Waals surface area contributed by atoms with Crippen LogP contribution in [0.2, 0.25) is 0 Å². The minimum absolute atomic E-state index is 0.170. The van der Waals surface area contributed by atoms with Crippen LogP contribution in [0.4, 0.5) is 14.5 Å². The topological polar surface area (TPSA) is 12.0 Å². The van der Waals surface area contributed by atoms with Crippen LogP contribution in [0.5, 0.6) is 0 Å². The third kappa shape index (κ3) is 4.23. The van der Waals surface area contributed by atoms with Crippen LogP contribution < -0.4 is 5.32 Å². The highest BCUT2D eigenvalue weighted by Gasteiger charge is 2.07. The molecule has 1 N–H and O–H groups in total. The molecule has 0 aromatic heterocycles. The van der Waals surface area contributed by atoms with Gasteiger partial charge < -0.3 is 5.32 Å². The summed E-state index contributed by atoms with van der Waals surface area (Å²) < 4.78 is 24.5. The largest absolute Gasteiger partial charge is 0.379 e. The van der Waals surface area contributed by atoms with Crippen molar-refractivity contribution in [3.63, 3.8) is 0 Å². The van der Waals surface area contributed by atoms with Gasteiger partial charge in [-0.1, -0.05) is 41.6 Å². The van der Waals surface area contributed by atoms with Crippen LogP contribution in [0.15, 0.2) is 53.4 Å². The van der Waals surface area contributed by atoms with E-state index in [0.717, 1.165) is 5.69 Å². The Kier molecular flexibility index (Phi) is 5.01. The fourth-order valence-electron chi connectivity index (χ4n) is 2.01. The molecule has 0 spiro atoms. The lowest BCUT2D eigenvalue weighted by Gasteiger charge is -2.16. The zero-order chi connectivity index (χ0) is 14.5. The predicted octanol–water partition coefficient (Wildman–Crippen LogP) is 5.48. The van der Waals surface area contributed by atoms with Gasteiger partial charge >= 0.3 is 0 Å². The highest BCUT2D eigenvalue weighted by atomic mass is 32.2. The highest BCUT2D eigenvalue weighted by Crippen LogP contribution is 2.27. The standard InChI is InChI=1S/C16H17F2NS/c1-11-4-3-5-13(10-11)12(2)19-14-6-8-15(9-7-14)20-16(17)18/h3-10,12,16,19H,1-2H3. The zero-order valence-corrected chi connectivity index (χ0v) is 12.3. The number of nitrogens with one attached hydrogen (secondary N) is 1. The summed E-state index contributed by atoms with van der Waals surface area (Å²) in [6.45, 7) is 4.14. The molecule has 0 bridgehead atoms. The van der Waals surface area contributed by atoms with E-state index >= 15 is 0 Å². The third-order valence-corrected chi connectivity index (χ3v) is 3.73. The molecule has 0 aliphatic heterocycles. The Morgan fingerprint density at radius 3 is 2.35 bits per heavy atom. The maximum Gasteiger partial charge on any atom is 0.288 e. The molecule has 0 aliphatic carbocycles. The second kappa shape index (κ2) is 6.75. The molecule has 0 aliphatic rings. The van der Waals surface area contributed by atoms with E-state index in [1.54, 1.807) is 12.1 Å². The summed E-state index contributed by atoms with van der Waals surface area (Å²) in [6.07, 6.45) is 0. The molecule has 2 aromatic carbocycles. The van der Waals surface area contributed by atoms with Crippen molar-refractivity contribution in [1.82, 2.24) is 0 Å². The number of thioether (sulfide) groups is 1. The molecule has 0 amide bonds. The van der Waals surface area contributed by atoms with Crippen LogP contribution in [0.3, 0.4) is 0 Å². The fraction of sp³-hybridized carbons (Fsp3) is 0.250. The minimum atomic E-state index is -2.37. The lowest BCUT2D eigenvalue weighted by atomic mass is 10.1. The molecule has 0 radical (unpaired) electrons. The van der Waals surface area contributed by atoms with E-state index in [-0.39, 0.29) is 6.04 Å². The molecule has 1 nitrogen and oxygen atoms in total. The Morgan fingerprint density at radius 2 is 1.75 bits per heavy atom. The molecular weight excluding hydrogens is 276 g/mol. The zero-order valence-electron chi connectivity index (χ0n) is 11.4. The molecule has 1 atom stereocenters. The minimum Gasteiger partial charge on any atom is -0.379 e. The van der Waals surface area contributed by atoms with E-state index in [9.17, 15) is 8.78 Å². The van der Waals surface area contributed by atoms with Crippen molar-refractivity contribution >= 4 is 17.4 Å². The summed E-state index contributed by atoms with van der Waals surface area (Å²) in [5.41, 5.74) is 3.36. The number of rotatable bonds is 5. The Labute approximate surface area is 122 Å². The van der Waals surface area contributed by atoms with Gasteiger partial charge in [-0.15, -0.1) is 0 Å². The van der Waals surface area contributed by atoms with E-state index in [1.165, 1.54) is 11.1 Å². The molecule has 4 heteroatoms. The number of benzene rings is 2. The van der Waals surface area contributed by atoms with Crippen LogP contribution in [-0.4, -0.2) is 5.76 Å². The second-order valence-corrected chi connectivity index (χ2v) is 5.75. The van der Waals surface area contributed by atoms with Gasteiger partial charge in [-0.2, -0.15) is 8.78 Å². The van der Waals surface area contributed by atoms with Crippen molar-refractivity contribution < 1.29 is 8.78 Å². The number of aryl methyl sites for hydroxylation is 1. The quantitative estimate of drug-likeness (QED) is 0.732. The van der Waals surface area contributed by atoms with Gasteiger partial charge in [0.15, 0.2) is 0 Å². The molecule has 0 heterocycles. The number of halogens is 2. The summed E-state index contributed by atoms with van der Waals surface area (Å²) in [6, 6.07) is 15.6. The second-order valence-electron chi connectivity index (χ2n) is 4.68. The first-order valence-electron chi connectivity index (χ1n) is 6.42. The van der Waals surface area contributed by atoms with Crippen LogP contribution in [0, 0.1) is 6.92 Å². The van der Waals surface area contributed by atoms with Gasteiger partial charge in [0.1, 0.15) is 0 Å². The highest BCUT2D eigenvalue weighted by molar-refractivity contribution is 7.99. The summed E-state index contributed by atoms with van der Waals surface area (Å²) in [5.74, 6) is -2.37. The SMILES string of the molecule is Cc1cccc(C(C)Nc2ccc(SC(F)F)cc2)c1. The lowest BCUT2D eigenvalue weighted by Crippen LogP contribution is -2.06. The van der Waals surface area contributed by atoms with Gasteiger partial charge in [-0.25, -0.2) is 0 Å². The van der Waals surface area contributed by atoms with Gasteiger partial charge in [-0.3, -0.25) is 0 Å². The van der Waals surface area contributed by atoms with Crippen molar-refractivity contribution in [2.24, 2.45) is 0 Å². The van der Waals surface area contributed by atoms with Crippen molar-refractivity contribution in [3.8, 4) is 0 Å². The molecule has 1 unspecified atom stereocenters. The van der Waals surface area contributed by atoms with Gasteiger partial charge in [-0.05, 0) is 43.7 Å². The van der Waals surface area contributed by atoms with E-state index < -0.39 is 5.76 Å². The van der Waals surface area contributed by atoms with Crippen LogP contribution >= 0.6 is 11.8 Å². The van der Waals surface area contributed by atoms with Gasteiger partial charge in [0.05, 0.1) is 0 Å². The van der Waals surface area contributed by atoms with Gasteiger partial charge in [0.25, 0.3) is 5.76 Å². The summed E-state index contributed by atoms with van der Waals surface area (Å²) in [7, 11) is 0. The molecule has 2 aromatic rings. The van der Waals surface area contributed by atoms with Crippen LogP contribution in [0.25, 0.3) is 0 Å². The number of anilines is 1. The first-order chi connectivity index (χ1) is 9.54. The molecule has 0 saturated carbocycles. The Balaban J connectivity index is 2.02. The summed E-state index contributed by atoms with van der Waals surface area (Å²) >= 11 is 0.563. The van der Waals surface area contributed by atoms with Crippen molar-refractivity contribution in [3.05, 3.63) is 59.7 Å². The van der Waals surface area contributed by atoms with E-state index in [0.29, 0.717) is 16.7 Å². The first kappa shape index (κ1) is 14.9. The molecule has 0 saturated heterocycles. The number of hydrogen-bond acceptors (Lipinski definition) is 2. The Morgan fingerprint density at radius 1 is 1.05 bits per heavy atom. The first-order valence-corrected chi connectivity index (χ1v) is 7.30. The molecule has 2 rings (SSSR count). The van der Waals surface area contributed by atoms with E-state index in [1.807, 2.05) is 18.2 Å². The molecule has 0 fully saturated rings. The maximum absolute atomic E-state index is 12.2. The normalized spacial score (nSPS) is 12.4. The lowest BCUT2D eigenvalue weighted by molar-refractivity contribution is 0.252. The average Bonchev–Trinajstić information content (AvgIpc) is 2.40. The monoisotopic (exact) mass is 293 g/mol. The third-order valence-electron chi connectivity index (χ3n) is 3.00. The van der Waals surface area contributed by atoms with E-state index in [2.05, 4.69) is 37.4 Å². The predicted molar refractivity (Wildman–Crippen MR) is 81.5 cm³/mol. The maximum atomic E-state index is 12.2. The smallest absolute Gasteiger partial charge is 0.288 e. The van der Waals surface area contributed by atoms with Crippen LogP contribution in [-0.2, 0) is 0 Å². The number of hydrogen-bond donors (Lipinski definition) is 1. The van der Waals surface area contributed by atoms with Gasteiger partial charge in [0.2, 0.25) is 0 Å². The average molecular weight is 293 g/mol. The fourth-order valence-corrected chi connectivity index (χ4v) is 2.50. The van der Waals surface area contributed by atoms with Crippen LogP contribution in [0.1, 0.15) is 24.1 Å². The Hall–Kier alpha value is -1.55. The summed E-state index contributed by atoms with van der Waals surface area (Å²) in [4.78, 5) is 0.578. The molecular formula is C16H17F2NS. The molecule has 106 valence electrons. The Bertz CT molecular complexity index is 555. The molecule has 20 heavy (non-hydrogen) atoms. The van der Waals surface area contributed by atoms with Crippen molar-refractivity contribution in [2.75, 3.05) is 5.32 Å². The van der Waals surface area contributed by atoms with Gasteiger partial charge in [0, 0.05) is 16.6 Å². The number of alkyl halides is 2. The van der Waals surface area contributed by atoms with E-state index in [4.69, 9.17) is 0 Å². The van der Waals surface area contributed by atoms with Crippen molar-refractivity contribution in [1.29, 1.82) is 0 Å².